The van der Waals surface area contributed by atoms with Crippen LogP contribution in [-0.4, -0.2) is 9.55 Å². The molecular weight excluding hydrogens is 426 g/mol. The molecule has 3 heteroatoms. The van der Waals surface area contributed by atoms with Crippen molar-refractivity contribution in [2.24, 2.45) is 0 Å². The van der Waals surface area contributed by atoms with Gasteiger partial charge in [-0.25, -0.2) is 0 Å². The maximum Gasteiger partial charge on any atom is 0.0998 e. The Bertz CT molecular complexity index is 1770. The van der Waals surface area contributed by atoms with Crippen LogP contribution in [0.2, 0.25) is 0 Å². The molecule has 6 aromatic rings. The summed E-state index contributed by atoms with van der Waals surface area (Å²) in [5.41, 5.74) is 10.7. The number of rotatable bonds is 3. The molecule has 0 N–H and O–H groups in total. The smallest absolute Gasteiger partial charge is 0.0998 e. The number of nitrogens with zero attached hydrogens (tertiary/aromatic N) is 3. The van der Waals surface area contributed by atoms with Crippen LogP contribution in [0, 0.1) is 25.2 Å². The molecule has 0 bridgehead atoms. The molecule has 0 aliphatic heterocycles. The van der Waals surface area contributed by atoms with E-state index in [-0.39, 0.29) is 0 Å². The van der Waals surface area contributed by atoms with Crippen LogP contribution < -0.4 is 0 Å². The minimum atomic E-state index is 0.664. The number of nitriles is 1. The first-order valence-corrected chi connectivity index (χ1v) is 11.7. The van der Waals surface area contributed by atoms with Gasteiger partial charge in [-0.3, -0.25) is 4.98 Å². The van der Waals surface area contributed by atoms with Crippen molar-refractivity contribution in [1.29, 1.82) is 5.26 Å². The fourth-order valence-electron chi connectivity index (χ4n) is 5.16. The molecular formula is C32H23N3. The van der Waals surface area contributed by atoms with Gasteiger partial charge in [-0.05, 0) is 66.4 Å². The number of aromatic nitrogens is 2. The Kier molecular flexibility index (Phi) is 4.94. The third-order valence-electron chi connectivity index (χ3n) is 6.82. The highest BCUT2D eigenvalue weighted by molar-refractivity contribution is 6.14. The fourth-order valence-corrected chi connectivity index (χ4v) is 5.16. The van der Waals surface area contributed by atoms with Crippen molar-refractivity contribution in [3.63, 3.8) is 0 Å². The summed E-state index contributed by atoms with van der Waals surface area (Å²) in [6.07, 6.45) is 3.54. The van der Waals surface area contributed by atoms with Gasteiger partial charge in [0.1, 0.15) is 0 Å². The summed E-state index contributed by atoms with van der Waals surface area (Å²) in [6, 6.07) is 34.1. The van der Waals surface area contributed by atoms with Gasteiger partial charge in [-0.1, -0.05) is 60.7 Å². The third kappa shape index (κ3) is 3.31. The first kappa shape index (κ1) is 20.9. The van der Waals surface area contributed by atoms with E-state index in [2.05, 4.69) is 102 Å². The quantitative estimate of drug-likeness (QED) is 0.275. The Morgan fingerprint density at radius 2 is 1.40 bits per heavy atom. The lowest BCUT2D eigenvalue weighted by atomic mass is 9.96. The van der Waals surface area contributed by atoms with Gasteiger partial charge in [-0.2, -0.15) is 5.26 Å². The highest BCUT2D eigenvalue weighted by Gasteiger charge is 2.19. The predicted molar refractivity (Wildman–Crippen MR) is 144 cm³/mol. The highest BCUT2D eigenvalue weighted by atomic mass is 15.0. The molecule has 6 rings (SSSR count). The van der Waals surface area contributed by atoms with Gasteiger partial charge >= 0.3 is 0 Å². The van der Waals surface area contributed by atoms with Crippen LogP contribution in [0.25, 0.3) is 49.7 Å². The molecule has 0 fully saturated rings. The van der Waals surface area contributed by atoms with Crippen LogP contribution in [0.5, 0.6) is 0 Å². The fraction of sp³-hybridized carbons (Fsp3) is 0.0625. The minimum absolute atomic E-state index is 0.664. The molecule has 0 saturated carbocycles. The standard InChI is InChI=1S/C32H23N3/c1-21-8-3-4-9-25(21)27-11-7-12-28-26-10-5-6-13-30(26)35(32(27)28)31-19-29(23-14-16-34-17-15-23)24(20-33)18-22(31)2/h3-19H,1-2H3. The lowest BCUT2D eigenvalue weighted by Gasteiger charge is -2.17. The maximum atomic E-state index is 9.92. The van der Waals surface area contributed by atoms with Crippen LogP contribution in [0.15, 0.2) is 103 Å². The summed E-state index contributed by atoms with van der Waals surface area (Å²) < 4.78 is 2.37. The number of pyridine rings is 1. The Morgan fingerprint density at radius 3 is 2.20 bits per heavy atom. The number of fused-ring (bicyclic) bond motifs is 3. The van der Waals surface area contributed by atoms with Gasteiger partial charge in [0.2, 0.25) is 0 Å². The van der Waals surface area contributed by atoms with Crippen molar-refractivity contribution in [3.05, 3.63) is 120 Å². The first-order chi connectivity index (χ1) is 17.2. The molecule has 2 heterocycles. The Balaban J connectivity index is 1.77. The van der Waals surface area contributed by atoms with Gasteiger partial charge < -0.3 is 4.57 Å². The van der Waals surface area contributed by atoms with Crippen LogP contribution in [0.4, 0.5) is 0 Å². The summed E-state index contributed by atoms with van der Waals surface area (Å²) in [7, 11) is 0. The van der Waals surface area contributed by atoms with Crippen molar-refractivity contribution in [1.82, 2.24) is 9.55 Å². The third-order valence-corrected chi connectivity index (χ3v) is 6.82. The topological polar surface area (TPSA) is 41.6 Å². The minimum Gasteiger partial charge on any atom is -0.308 e. The molecule has 35 heavy (non-hydrogen) atoms. The summed E-state index contributed by atoms with van der Waals surface area (Å²) in [6.45, 7) is 4.25. The Morgan fingerprint density at radius 1 is 0.686 bits per heavy atom. The van der Waals surface area contributed by atoms with E-state index in [9.17, 15) is 5.26 Å². The maximum absolute atomic E-state index is 9.92. The number of benzene rings is 4. The predicted octanol–water partition coefficient (Wildman–Crippen LogP) is 8.00. The zero-order chi connectivity index (χ0) is 23.9. The zero-order valence-electron chi connectivity index (χ0n) is 19.7. The average Bonchev–Trinajstić information content (AvgIpc) is 3.24. The van der Waals surface area contributed by atoms with Crippen molar-refractivity contribution in [2.45, 2.75) is 13.8 Å². The zero-order valence-corrected chi connectivity index (χ0v) is 19.7. The van der Waals surface area contributed by atoms with Gasteiger partial charge in [0.05, 0.1) is 22.7 Å². The van der Waals surface area contributed by atoms with Crippen molar-refractivity contribution < 1.29 is 0 Å². The number of hydrogen-bond donors (Lipinski definition) is 0. The van der Waals surface area contributed by atoms with E-state index in [4.69, 9.17) is 0 Å². The van der Waals surface area contributed by atoms with E-state index in [1.807, 2.05) is 18.2 Å². The van der Waals surface area contributed by atoms with Crippen molar-refractivity contribution in [3.8, 4) is 34.0 Å². The summed E-state index contributed by atoms with van der Waals surface area (Å²) in [5.74, 6) is 0. The molecule has 0 radical (unpaired) electrons. The second-order valence-corrected chi connectivity index (χ2v) is 8.90. The van der Waals surface area contributed by atoms with Crippen LogP contribution in [0.3, 0.4) is 0 Å². The lowest BCUT2D eigenvalue weighted by molar-refractivity contribution is 1.15. The largest absolute Gasteiger partial charge is 0.308 e. The molecule has 0 atom stereocenters. The monoisotopic (exact) mass is 449 g/mol. The van der Waals surface area contributed by atoms with E-state index < -0.39 is 0 Å². The molecule has 4 aromatic carbocycles. The summed E-state index contributed by atoms with van der Waals surface area (Å²) in [4.78, 5) is 4.16. The molecule has 3 nitrogen and oxygen atoms in total. The highest BCUT2D eigenvalue weighted by Crippen LogP contribution is 2.40. The Hall–Kier alpha value is -4.68. The molecule has 0 spiro atoms. The van der Waals surface area contributed by atoms with Crippen LogP contribution >= 0.6 is 0 Å². The van der Waals surface area contributed by atoms with Crippen LogP contribution in [0.1, 0.15) is 16.7 Å². The lowest BCUT2D eigenvalue weighted by Crippen LogP contribution is -2.01. The van der Waals surface area contributed by atoms with Gasteiger partial charge in [-0.15, -0.1) is 0 Å². The molecule has 0 amide bonds. The molecule has 0 aliphatic rings. The number of aryl methyl sites for hydroxylation is 2. The summed E-state index contributed by atoms with van der Waals surface area (Å²) in [5, 5.41) is 12.4. The van der Waals surface area contributed by atoms with E-state index in [0.717, 1.165) is 27.9 Å². The van der Waals surface area contributed by atoms with Gasteiger partial charge in [0, 0.05) is 40.0 Å². The SMILES string of the molecule is Cc1ccccc1-c1cccc2c3ccccc3n(-c3cc(-c4ccncc4)c(C#N)cc3C)c12. The van der Waals surface area contributed by atoms with E-state index in [1.54, 1.807) is 12.4 Å². The number of para-hydroxylation sites is 2. The molecule has 0 aliphatic carbocycles. The number of hydrogen-bond acceptors (Lipinski definition) is 2. The van der Waals surface area contributed by atoms with E-state index in [1.165, 1.54) is 33.0 Å². The molecule has 0 saturated heterocycles. The second-order valence-electron chi connectivity index (χ2n) is 8.90. The van der Waals surface area contributed by atoms with Gasteiger partial charge in [0.15, 0.2) is 0 Å². The normalized spacial score (nSPS) is 11.1. The van der Waals surface area contributed by atoms with E-state index in [0.29, 0.717) is 5.56 Å². The van der Waals surface area contributed by atoms with E-state index >= 15 is 0 Å². The first-order valence-electron chi connectivity index (χ1n) is 11.7. The Labute approximate surface area is 204 Å². The van der Waals surface area contributed by atoms with Gasteiger partial charge in [0.25, 0.3) is 0 Å². The average molecular weight is 450 g/mol. The summed E-state index contributed by atoms with van der Waals surface area (Å²) >= 11 is 0. The molecule has 166 valence electrons. The van der Waals surface area contributed by atoms with Crippen molar-refractivity contribution in [2.75, 3.05) is 0 Å². The molecule has 2 aromatic heterocycles. The second kappa shape index (κ2) is 8.27. The van der Waals surface area contributed by atoms with Crippen molar-refractivity contribution >= 4 is 21.8 Å². The molecule has 0 unspecified atom stereocenters. The van der Waals surface area contributed by atoms with Crippen LogP contribution in [-0.2, 0) is 0 Å².